The normalized spacial score (nSPS) is 12.8. The summed E-state index contributed by atoms with van der Waals surface area (Å²) >= 11 is 0. The number of hydrogen-bond acceptors (Lipinski definition) is 3. The number of hydrogen-bond donors (Lipinski definition) is 3. The molecule has 1 unspecified atom stereocenters. The van der Waals surface area contributed by atoms with Crippen molar-refractivity contribution in [1.82, 2.24) is 5.32 Å². The van der Waals surface area contributed by atoms with Crippen molar-refractivity contribution in [2.75, 3.05) is 25.1 Å². The Bertz CT molecular complexity index is 506. The molecule has 2 amide bonds. The summed E-state index contributed by atoms with van der Waals surface area (Å²) in [6.07, 6.45) is -0.514. The first-order chi connectivity index (χ1) is 10.8. The Kier molecular flexibility index (Phi) is 7.29. The van der Waals surface area contributed by atoms with Gasteiger partial charge in [-0.3, -0.25) is 0 Å². The van der Waals surface area contributed by atoms with Crippen molar-refractivity contribution in [3.05, 3.63) is 24.3 Å². The van der Waals surface area contributed by atoms with E-state index in [2.05, 4.69) is 10.6 Å². The van der Waals surface area contributed by atoms with Gasteiger partial charge < -0.3 is 20.5 Å². The molecule has 0 aliphatic rings. The summed E-state index contributed by atoms with van der Waals surface area (Å²) < 4.78 is 17.3. The van der Waals surface area contributed by atoms with E-state index < -0.39 is 18.2 Å². The number of carbonyl (C=O) groups excluding carboxylic acids is 1. The molecular formula is C17H27FN2O3. The van der Waals surface area contributed by atoms with Crippen LogP contribution in [0.3, 0.4) is 0 Å². The lowest BCUT2D eigenvalue weighted by molar-refractivity contribution is 0.0154. The van der Waals surface area contributed by atoms with E-state index in [4.69, 9.17) is 4.74 Å². The summed E-state index contributed by atoms with van der Waals surface area (Å²) in [6.45, 7) is 7.45. The first kappa shape index (κ1) is 19.2. The van der Waals surface area contributed by atoms with Crippen molar-refractivity contribution in [3.63, 3.8) is 0 Å². The third-order valence-corrected chi connectivity index (χ3v) is 3.57. The number of aliphatic hydroxyl groups is 1. The maximum atomic E-state index is 12.1. The van der Waals surface area contributed by atoms with Gasteiger partial charge in [0.1, 0.15) is 19.0 Å². The van der Waals surface area contributed by atoms with E-state index in [1.54, 1.807) is 24.3 Å². The smallest absolute Gasteiger partial charge is 0.319 e. The number of benzene rings is 1. The molecule has 0 aliphatic carbocycles. The predicted octanol–water partition coefficient (Wildman–Crippen LogP) is 3.20. The molecule has 0 radical (unpaired) electrons. The number of anilines is 1. The number of ether oxygens (including phenoxy) is 1. The minimum absolute atomic E-state index is 0.0169. The number of urea groups is 1. The molecule has 0 aliphatic heterocycles. The maximum Gasteiger partial charge on any atom is 0.319 e. The molecule has 130 valence electrons. The van der Waals surface area contributed by atoms with Gasteiger partial charge in [0.05, 0.1) is 6.10 Å². The number of carbonyl (C=O) groups is 1. The number of rotatable bonds is 8. The summed E-state index contributed by atoms with van der Waals surface area (Å²) in [6, 6.07) is 6.40. The Labute approximate surface area is 137 Å². The van der Waals surface area contributed by atoms with Crippen LogP contribution >= 0.6 is 0 Å². The van der Waals surface area contributed by atoms with Crippen molar-refractivity contribution in [2.45, 2.75) is 33.8 Å². The second-order valence-corrected chi connectivity index (χ2v) is 6.55. The molecule has 23 heavy (non-hydrogen) atoms. The first-order valence-corrected chi connectivity index (χ1v) is 7.78. The SMILES string of the molecule is CC(C)C(O)C(C)(C)CNC(=O)Nc1cccc(OCCF)c1. The Balaban J connectivity index is 2.54. The maximum absolute atomic E-state index is 12.1. The van der Waals surface area contributed by atoms with E-state index in [9.17, 15) is 14.3 Å². The molecule has 6 heteroatoms. The fourth-order valence-electron chi connectivity index (χ4n) is 2.31. The average molecular weight is 326 g/mol. The summed E-state index contributed by atoms with van der Waals surface area (Å²) in [5, 5.41) is 15.6. The molecule has 1 rings (SSSR count). The molecule has 0 heterocycles. The zero-order valence-electron chi connectivity index (χ0n) is 14.2. The van der Waals surface area contributed by atoms with Gasteiger partial charge in [-0.1, -0.05) is 33.8 Å². The summed E-state index contributed by atoms with van der Waals surface area (Å²) in [4.78, 5) is 12.0. The van der Waals surface area contributed by atoms with Crippen LogP contribution in [0.1, 0.15) is 27.7 Å². The molecule has 3 N–H and O–H groups in total. The van der Waals surface area contributed by atoms with E-state index >= 15 is 0 Å². The van der Waals surface area contributed by atoms with Gasteiger partial charge in [-0.2, -0.15) is 0 Å². The van der Waals surface area contributed by atoms with Gasteiger partial charge in [-0.25, -0.2) is 9.18 Å². The molecule has 0 bridgehead atoms. The highest BCUT2D eigenvalue weighted by Crippen LogP contribution is 2.25. The zero-order chi connectivity index (χ0) is 17.5. The largest absolute Gasteiger partial charge is 0.491 e. The van der Waals surface area contributed by atoms with Crippen LogP contribution in [0.4, 0.5) is 14.9 Å². The Morgan fingerprint density at radius 3 is 2.70 bits per heavy atom. The molecule has 1 aromatic carbocycles. The quantitative estimate of drug-likeness (QED) is 0.687. The molecule has 0 aromatic heterocycles. The fraction of sp³-hybridized carbons (Fsp3) is 0.588. The van der Waals surface area contributed by atoms with Crippen LogP contribution in [0.15, 0.2) is 24.3 Å². The second kappa shape index (κ2) is 8.72. The van der Waals surface area contributed by atoms with Crippen LogP contribution in [-0.4, -0.2) is 37.1 Å². The fourth-order valence-corrected chi connectivity index (χ4v) is 2.31. The van der Waals surface area contributed by atoms with E-state index in [0.29, 0.717) is 18.0 Å². The molecule has 0 saturated carbocycles. The topological polar surface area (TPSA) is 70.6 Å². The van der Waals surface area contributed by atoms with E-state index in [1.165, 1.54) is 0 Å². The van der Waals surface area contributed by atoms with Gasteiger partial charge in [-0.15, -0.1) is 0 Å². The van der Waals surface area contributed by atoms with Crippen molar-refractivity contribution < 1.29 is 19.0 Å². The van der Waals surface area contributed by atoms with Crippen molar-refractivity contribution >= 4 is 11.7 Å². The van der Waals surface area contributed by atoms with Crippen molar-refractivity contribution in [2.24, 2.45) is 11.3 Å². The van der Waals surface area contributed by atoms with Gasteiger partial charge in [0.2, 0.25) is 0 Å². The molecule has 0 fully saturated rings. The molecule has 1 atom stereocenters. The number of halogens is 1. The first-order valence-electron chi connectivity index (χ1n) is 7.78. The summed E-state index contributed by atoms with van der Waals surface area (Å²) in [5.41, 5.74) is 0.124. The molecule has 0 spiro atoms. The minimum Gasteiger partial charge on any atom is -0.491 e. The van der Waals surface area contributed by atoms with E-state index in [-0.39, 0.29) is 18.6 Å². The molecule has 0 saturated heterocycles. The average Bonchev–Trinajstić information content (AvgIpc) is 2.50. The van der Waals surface area contributed by atoms with Gasteiger partial charge in [0.15, 0.2) is 0 Å². The van der Waals surface area contributed by atoms with Gasteiger partial charge in [0, 0.05) is 23.7 Å². The van der Waals surface area contributed by atoms with Crippen LogP contribution < -0.4 is 15.4 Å². The third-order valence-electron chi connectivity index (χ3n) is 3.57. The standard InChI is InChI=1S/C17H27FN2O3/c1-12(2)15(21)17(3,4)11-19-16(22)20-13-6-5-7-14(10-13)23-9-8-18/h5-7,10,12,15,21H,8-9,11H2,1-4H3,(H2,19,20,22). The summed E-state index contributed by atoms with van der Waals surface area (Å²) in [5.74, 6) is 0.607. The Hall–Kier alpha value is -1.82. The van der Waals surface area contributed by atoms with Crippen LogP contribution in [0.2, 0.25) is 0 Å². The van der Waals surface area contributed by atoms with Crippen LogP contribution in [0.5, 0.6) is 5.75 Å². The lowest BCUT2D eigenvalue weighted by Crippen LogP contribution is -2.44. The minimum atomic E-state index is -0.564. The van der Waals surface area contributed by atoms with Crippen molar-refractivity contribution in [1.29, 1.82) is 0 Å². The molecule has 5 nitrogen and oxygen atoms in total. The second-order valence-electron chi connectivity index (χ2n) is 6.55. The van der Waals surface area contributed by atoms with Crippen LogP contribution in [0.25, 0.3) is 0 Å². The number of nitrogens with one attached hydrogen (secondary N) is 2. The van der Waals surface area contributed by atoms with Gasteiger partial charge >= 0.3 is 6.03 Å². The number of amides is 2. The molecule has 1 aromatic rings. The Morgan fingerprint density at radius 2 is 2.09 bits per heavy atom. The summed E-state index contributed by atoms with van der Waals surface area (Å²) in [7, 11) is 0. The van der Waals surface area contributed by atoms with Crippen LogP contribution in [-0.2, 0) is 0 Å². The van der Waals surface area contributed by atoms with E-state index in [1.807, 2.05) is 27.7 Å². The lowest BCUT2D eigenvalue weighted by Gasteiger charge is -2.33. The predicted molar refractivity (Wildman–Crippen MR) is 89.6 cm³/mol. The van der Waals surface area contributed by atoms with Crippen LogP contribution in [0, 0.1) is 11.3 Å². The van der Waals surface area contributed by atoms with Crippen molar-refractivity contribution in [3.8, 4) is 5.75 Å². The molecular weight excluding hydrogens is 299 g/mol. The highest BCUT2D eigenvalue weighted by molar-refractivity contribution is 5.89. The highest BCUT2D eigenvalue weighted by Gasteiger charge is 2.30. The number of aliphatic hydroxyl groups excluding tert-OH is 1. The van der Waals surface area contributed by atoms with E-state index in [0.717, 1.165) is 0 Å². The zero-order valence-corrected chi connectivity index (χ0v) is 14.2. The van der Waals surface area contributed by atoms with Gasteiger partial charge in [0.25, 0.3) is 0 Å². The third kappa shape index (κ3) is 6.44. The van der Waals surface area contributed by atoms with Gasteiger partial charge in [-0.05, 0) is 18.1 Å². The highest BCUT2D eigenvalue weighted by atomic mass is 19.1. The number of alkyl halides is 1. The lowest BCUT2D eigenvalue weighted by atomic mass is 9.81. The monoisotopic (exact) mass is 326 g/mol. The Morgan fingerprint density at radius 1 is 1.39 bits per heavy atom.